The Morgan fingerprint density at radius 1 is 1.47 bits per heavy atom. The van der Waals surface area contributed by atoms with Crippen LogP contribution in [-0.4, -0.2) is 16.1 Å². The van der Waals surface area contributed by atoms with E-state index < -0.39 is 5.97 Å². The Balaban J connectivity index is 2.19. The molecule has 5 heteroatoms. The van der Waals surface area contributed by atoms with E-state index in [4.69, 9.17) is 5.11 Å². The molecule has 0 amide bonds. The molecule has 2 rings (SSSR count). The van der Waals surface area contributed by atoms with Crippen molar-refractivity contribution >= 4 is 39.3 Å². The zero-order valence-electron chi connectivity index (χ0n) is 7.58. The monoisotopic (exact) mass is 237 g/mol. The van der Waals surface area contributed by atoms with Crippen molar-refractivity contribution in [2.24, 2.45) is 0 Å². The molecule has 0 atom stereocenters. The molecule has 0 aliphatic rings. The largest absolute Gasteiger partial charge is 0.478 e. The van der Waals surface area contributed by atoms with Crippen LogP contribution in [0.3, 0.4) is 0 Å². The van der Waals surface area contributed by atoms with Gasteiger partial charge in [-0.1, -0.05) is 23.9 Å². The molecule has 1 heterocycles. The summed E-state index contributed by atoms with van der Waals surface area (Å²) >= 11 is 2.88. The average Bonchev–Trinajstić information content (AvgIpc) is 2.59. The molecule has 1 N–H and O–H groups in total. The van der Waals surface area contributed by atoms with Gasteiger partial charge in [-0.05, 0) is 17.5 Å². The molecule has 2 aromatic rings. The summed E-state index contributed by atoms with van der Waals surface area (Å²) in [5, 5.41) is 9.94. The highest BCUT2D eigenvalue weighted by Gasteiger charge is 2.01. The fourth-order valence-corrected chi connectivity index (χ4v) is 2.83. The number of carboxylic acid groups (broad SMARTS) is 1. The quantitative estimate of drug-likeness (QED) is 0.658. The number of thioether (sulfide) groups is 1. The number of thiazole rings is 1. The minimum absolute atomic E-state index is 0.855. The molecule has 76 valence electrons. The number of aliphatic carboxylic acids is 1. The van der Waals surface area contributed by atoms with Crippen LogP contribution in [0.25, 0.3) is 10.2 Å². The summed E-state index contributed by atoms with van der Waals surface area (Å²) in [6.07, 6.45) is 1.11. The minimum Gasteiger partial charge on any atom is -0.478 e. The van der Waals surface area contributed by atoms with Gasteiger partial charge in [0.2, 0.25) is 0 Å². The lowest BCUT2D eigenvalue weighted by Crippen LogP contribution is -1.84. The SMILES string of the molecule is O=C(O)/C=C/Sc1nc2ccccc2s1. The Morgan fingerprint density at radius 2 is 2.27 bits per heavy atom. The fraction of sp³-hybridized carbons (Fsp3) is 0. The average molecular weight is 237 g/mol. The smallest absolute Gasteiger partial charge is 0.328 e. The van der Waals surface area contributed by atoms with E-state index in [0.717, 1.165) is 20.6 Å². The number of fused-ring (bicyclic) bond motifs is 1. The van der Waals surface area contributed by atoms with Gasteiger partial charge in [0, 0.05) is 6.08 Å². The number of hydrogen-bond acceptors (Lipinski definition) is 4. The standard InChI is InChI=1S/C10H7NO2S2/c12-9(13)5-6-14-10-11-7-3-1-2-4-8(7)15-10/h1-6H,(H,12,13)/b6-5+. The van der Waals surface area contributed by atoms with Crippen molar-refractivity contribution in [2.75, 3.05) is 0 Å². The summed E-state index contributed by atoms with van der Waals surface area (Å²) in [5.74, 6) is -0.941. The van der Waals surface area contributed by atoms with E-state index in [2.05, 4.69) is 4.98 Å². The Morgan fingerprint density at radius 3 is 3.00 bits per heavy atom. The number of para-hydroxylation sites is 1. The zero-order chi connectivity index (χ0) is 10.7. The van der Waals surface area contributed by atoms with E-state index in [1.807, 2.05) is 24.3 Å². The number of aromatic nitrogens is 1. The first-order valence-corrected chi connectivity index (χ1v) is 5.87. The maximum Gasteiger partial charge on any atom is 0.328 e. The second-order valence-electron chi connectivity index (χ2n) is 2.71. The molecule has 0 fully saturated rings. The number of carboxylic acids is 1. The summed E-state index contributed by atoms with van der Waals surface area (Å²) in [4.78, 5) is 14.6. The zero-order valence-corrected chi connectivity index (χ0v) is 9.22. The molecule has 15 heavy (non-hydrogen) atoms. The predicted octanol–water partition coefficient (Wildman–Crippen LogP) is 2.99. The number of carbonyl (C=O) groups is 1. The van der Waals surface area contributed by atoms with Crippen LogP contribution < -0.4 is 0 Å². The molecular formula is C10H7NO2S2. The molecule has 0 bridgehead atoms. The van der Waals surface area contributed by atoms with Gasteiger partial charge in [-0.15, -0.1) is 11.3 Å². The number of benzene rings is 1. The Hall–Kier alpha value is -1.33. The molecule has 0 unspecified atom stereocenters. The van der Waals surface area contributed by atoms with E-state index in [0.29, 0.717) is 0 Å². The van der Waals surface area contributed by atoms with Crippen molar-refractivity contribution in [3.63, 3.8) is 0 Å². The van der Waals surface area contributed by atoms with Crippen molar-refractivity contribution in [1.29, 1.82) is 0 Å². The van der Waals surface area contributed by atoms with Crippen LogP contribution in [0.4, 0.5) is 0 Å². The highest BCUT2D eigenvalue weighted by molar-refractivity contribution is 8.03. The molecule has 0 radical (unpaired) electrons. The third-order valence-electron chi connectivity index (χ3n) is 1.65. The Labute approximate surface area is 94.5 Å². The van der Waals surface area contributed by atoms with E-state index in [1.165, 1.54) is 17.2 Å². The fourth-order valence-electron chi connectivity index (χ4n) is 1.05. The number of nitrogens with zero attached hydrogens (tertiary/aromatic N) is 1. The van der Waals surface area contributed by atoms with Crippen LogP contribution in [-0.2, 0) is 4.79 Å². The second-order valence-corrected chi connectivity index (χ2v) is 4.89. The van der Waals surface area contributed by atoms with Gasteiger partial charge >= 0.3 is 5.97 Å². The van der Waals surface area contributed by atoms with Crippen molar-refractivity contribution in [1.82, 2.24) is 4.98 Å². The van der Waals surface area contributed by atoms with Crippen LogP contribution in [0.1, 0.15) is 0 Å². The first kappa shape index (κ1) is 10.2. The topological polar surface area (TPSA) is 50.2 Å². The van der Waals surface area contributed by atoms with Crippen LogP contribution in [0.15, 0.2) is 40.1 Å². The molecule has 1 aromatic carbocycles. The summed E-state index contributed by atoms with van der Waals surface area (Å²) in [7, 11) is 0. The lowest BCUT2D eigenvalue weighted by molar-refractivity contribution is -0.131. The third-order valence-corrected chi connectivity index (χ3v) is 3.59. The van der Waals surface area contributed by atoms with Gasteiger partial charge < -0.3 is 5.11 Å². The van der Waals surface area contributed by atoms with Gasteiger partial charge in [0.25, 0.3) is 0 Å². The summed E-state index contributed by atoms with van der Waals surface area (Å²) in [5.41, 5.74) is 0.953. The molecule has 0 aliphatic carbocycles. The lowest BCUT2D eigenvalue weighted by atomic mass is 10.3. The van der Waals surface area contributed by atoms with Gasteiger partial charge in [-0.2, -0.15) is 0 Å². The van der Waals surface area contributed by atoms with Gasteiger partial charge in [0.1, 0.15) is 0 Å². The first-order valence-electron chi connectivity index (χ1n) is 4.17. The van der Waals surface area contributed by atoms with E-state index >= 15 is 0 Å². The van der Waals surface area contributed by atoms with E-state index in [-0.39, 0.29) is 0 Å². The molecule has 0 aliphatic heterocycles. The second kappa shape index (κ2) is 4.46. The normalized spacial score (nSPS) is 11.2. The number of rotatable bonds is 3. The minimum atomic E-state index is -0.941. The molecule has 3 nitrogen and oxygen atoms in total. The van der Waals surface area contributed by atoms with Gasteiger partial charge in [0.05, 0.1) is 10.2 Å². The molecular weight excluding hydrogens is 230 g/mol. The Bertz CT molecular complexity index is 486. The van der Waals surface area contributed by atoms with E-state index in [1.54, 1.807) is 11.3 Å². The highest BCUT2D eigenvalue weighted by Crippen LogP contribution is 2.29. The Kier molecular flexibility index (Phi) is 3.03. The van der Waals surface area contributed by atoms with E-state index in [9.17, 15) is 4.79 Å². The lowest BCUT2D eigenvalue weighted by Gasteiger charge is -1.83. The first-order chi connectivity index (χ1) is 7.25. The van der Waals surface area contributed by atoms with Gasteiger partial charge in [0.15, 0.2) is 4.34 Å². The van der Waals surface area contributed by atoms with Crippen molar-refractivity contribution < 1.29 is 9.90 Å². The third kappa shape index (κ3) is 2.57. The van der Waals surface area contributed by atoms with Crippen LogP contribution in [0.2, 0.25) is 0 Å². The number of hydrogen-bond donors (Lipinski definition) is 1. The van der Waals surface area contributed by atoms with Crippen LogP contribution >= 0.6 is 23.1 Å². The van der Waals surface area contributed by atoms with Crippen LogP contribution in [0.5, 0.6) is 0 Å². The van der Waals surface area contributed by atoms with Gasteiger partial charge in [-0.3, -0.25) is 0 Å². The maximum atomic E-state index is 10.2. The van der Waals surface area contributed by atoms with Gasteiger partial charge in [-0.25, -0.2) is 9.78 Å². The molecule has 0 spiro atoms. The van der Waals surface area contributed by atoms with Crippen molar-refractivity contribution in [2.45, 2.75) is 4.34 Å². The summed E-state index contributed by atoms with van der Waals surface area (Å²) in [6, 6.07) is 7.83. The highest BCUT2D eigenvalue weighted by atomic mass is 32.2. The van der Waals surface area contributed by atoms with Crippen molar-refractivity contribution in [3.05, 3.63) is 35.7 Å². The van der Waals surface area contributed by atoms with Crippen molar-refractivity contribution in [3.8, 4) is 0 Å². The van der Waals surface area contributed by atoms with Crippen LogP contribution in [0, 0.1) is 0 Å². The molecule has 0 saturated carbocycles. The molecule has 1 aromatic heterocycles. The summed E-state index contributed by atoms with van der Waals surface area (Å²) in [6.45, 7) is 0. The summed E-state index contributed by atoms with van der Waals surface area (Å²) < 4.78 is 1.97. The maximum absolute atomic E-state index is 10.2. The molecule has 0 saturated heterocycles. The predicted molar refractivity (Wildman–Crippen MR) is 62.3 cm³/mol.